The van der Waals surface area contributed by atoms with Crippen LogP contribution in [0.5, 0.6) is 0 Å². The number of piperidine rings is 2. The summed E-state index contributed by atoms with van der Waals surface area (Å²) in [5, 5.41) is 0. The van der Waals surface area contributed by atoms with Gasteiger partial charge in [-0.15, -0.1) is 0 Å². The van der Waals surface area contributed by atoms with E-state index in [0.29, 0.717) is 19.4 Å². The number of hydrogen-bond donors (Lipinski definition) is 0. The van der Waals surface area contributed by atoms with Gasteiger partial charge in [-0.1, -0.05) is 30.3 Å². The molecule has 25 heavy (non-hydrogen) atoms. The van der Waals surface area contributed by atoms with Crippen LogP contribution in [0, 0.1) is 5.41 Å². The number of methoxy groups -OCH3 is 1. The minimum atomic E-state index is -0.149. The van der Waals surface area contributed by atoms with Crippen molar-refractivity contribution in [2.75, 3.05) is 33.3 Å². The van der Waals surface area contributed by atoms with Crippen LogP contribution in [0.1, 0.15) is 37.7 Å². The summed E-state index contributed by atoms with van der Waals surface area (Å²) in [6, 6.07) is 10.2. The standard InChI is InChI=1S/C20H28N2O3/c1-25-19(24)9-13-21-12-5-10-20(15-21)11-8-18(23)22(16-20)14-17-6-3-2-4-7-17/h2-4,6-7H,5,8-16H2,1H3/t20-/m0/s1. The van der Waals surface area contributed by atoms with Crippen molar-refractivity contribution in [1.29, 1.82) is 0 Å². The van der Waals surface area contributed by atoms with Crippen LogP contribution >= 0.6 is 0 Å². The number of likely N-dealkylation sites (tertiary alicyclic amines) is 2. The molecule has 2 aliphatic rings. The van der Waals surface area contributed by atoms with Gasteiger partial charge in [-0.3, -0.25) is 9.59 Å². The second-order valence-electron chi connectivity index (χ2n) is 7.44. The maximum absolute atomic E-state index is 12.4. The Bertz CT molecular complexity index is 604. The first-order valence-corrected chi connectivity index (χ1v) is 9.21. The van der Waals surface area contributed by atoms with E-state index < -0.39 is 0 Å². The predicted molar refractivity (Wildman–Crippen MR) is 95.8 cm³/mol. The van der Waals surface area contributed by atoms with E-state index in [2.05, 4.69) is 17.0 Å². The lowest BCUT2D eigenvalue weighted by Gasteiger charge is -2.48. The number of carbonyl (C=O) groups is 2. The molecule has 0 aromatic heterocycles. The predicted octanol–water partition coefficient (Wildman–Crippen LogP) is 2.45. The van der Waals surface area contributed by atoms with Gasteiger partial charge in [0.05, 0.1) is 13.5 Å². The van der Waals surface area contributed by atoms with Crippen LogP contribution in [0.4, 0.5) is 0 Å². The lowest BCUT2D eigenvalue weighted by molar-refractivity contribution is -0.141. The summed E-state index contributed by atoms with van der Waals surface area (Å²) in [4.78, 5) is 28.2. The molecule has 0 aliphatic carbocycles. The lowest BCUT2D eigenvalue weighted by atomic mass is 9.73. The Morgan fingerprint density at radius 3 is 2.76 bits per heavy atom. The summed E-state index contributed by atoms with van der Waals surface area (Å²) in [7, 11) is 1.44. The molecule has 2 heterocycles. The van der Waals surface area contributed by atoms with E-state index in [1.165, 1.54) is 19.1 Å². The van der Waals surface area contributed by atoms with Crippen LogP contribution in [0.2, 0.25) is 0 Å². The number of hydrogen-bond acceptors (Lipinski definition) is 4. The van der Waals surface area contributed by atoms with Gasteiger partial charge >= 0.3 is 5.97 Å². The molecule has 1 aromatic carbocycles. The summed E-state index contributed by atoms with van der Waals surface area (Å²) in [6.45, 7) is 4.29. The Kier molecular flexibility index (Phi) is 5.74. The average Bonchev–Trinajstić information content (AvgIpc) is 2.64. The van der Waals surface area contributed by atoms with E-state index >= 15 is 0 Å². The first-order chi connectivity index (χ1) is 12.1. The molecule has 0 radical (unpaired) electrons. The molecule has 1 amide bonds. The second kappa shape index (κ2) is 8.00. The van der Waals surface area contributed by atoms with Crippen molar-refractivity contribution in [2.24, 2.45) is 5.41 Å². The van der Waals surface area contributed by atoms with Gasteiger partial charge in [0.25, 0.3) is 0 Å². The van der Waals surface area contributed by atoms with Crippen molar-refractivity contribution in [3.63, 3.8) is 0 Å². The highest BCUT2D eigenvalue weighted by Gasteiger charge is 2.41. The van der Waals surface area contributed by atoms with Crippen LogP contribution < -0.4 is 0 Å². The summed E-state index contributed by atoms with van der Waals surface area (Å²) in [6.07, 6.45) is 4.34. The molecular formula is C20H28N2O3. The second-order valence-corrected chi connectivity index (χ2v) is 7.44. The zero-order chi connectivity index (χ0) is 17.7. The van der Waals surface area contributed by atoms with Gasteiger partial charge in [0, 0.05) is 38.0 Å². The number of carbonyl (C=O) groups excluding carboxylic acids is 2. The average molecular weight is 344 g/mol. The van der Waals surface area contributed by atoms with Gasteiger partial charge in [-0.2, -0.15) is 0 Å². The molecule has 2 aliphatic heterocycles. The molecule has 0 unspecified atom stereocenters. The number of amides is 1. The summed E-state index contributed by atoms with van der Waals surface area (Å²) in [5.74, 6) is 0.116. The van der Waals surface area contributed by atoms with Crippen LogP contribution in [0.3, 0.4) is 0 Å². The van der Waals surface area contributed by atoms with Crippen molar-refractivity contribution < 1.29 is 14.3 Å². The third-order valence-electron chi connectivity index (χ3n) is 5.56. The van der Waals surface area contributed by atoms with Gasteiger partial charge in [0.15, 0.2) is 0 Å². The van der Waals surface area contributed by atoms with Crippen molar-refractivity contribution in [3.05, 3.63) is 35.9 Å². The quantitative estimate of drug-likeness (QED) is 0.770. The normalized spacial score (nSPS) is 24.5. The summed E-state index contributed by atoms with van der Waals surface area (Å²) >= 11 is 0. The first kappa shape index (κ1) is 17.9. The Morgan fingerprint density at radius 1 is 1.20 bits per heavy atom. The van der Waals surface area contributed by atoms with Gasteiger partial charge in [0.1, 0.15) is 0 Å². The van der Waals surface area contributed by atoms with E-state index in [1.807, 2.05) is 23.1 Å². The molecule has 2 fully saturated rings. The maximum Gasteiger partial charge on any atom is 0.306 e. The molecule has 1 spiro atoms. The van der Waals surface area contributed by atoms with E-state index in [-0.39, 0.29) is 17.3 Å². The van der Waals surface area contributed by atoms with Gasteiger partial charge in [-0.05, 0) is 31.4 Å². The number of nitrogens with zero attached hydrogens (tertiary/aromatic N) is 2. The van der Waals surface area contributed by atoms with Crippen LogP contribution in [0.15, 0.2) is 30.3 Å². The zero-order valence-corrected chi connectivity index (χ0v) is 15.1. The molecule has 3 rings (SSSR count). The number of ether oxygens (including phenoxy) is 1. The van der Waals surface area contributed by atoms with E-state index in [9.17, 15) is 9.59 Å². The molecular weight excluding hydrogens is 316 g/mol. The zero-order valence-electron chi connectivity index (χ0n) is 15.1. The minimum absolute atomic E-state index is 0.149. The monoisotopic (exact) mass is 344 g/mol. The van der Waals surface area contributed by atoms with E-state index in [0.717, 1.165) is 39.0 Å². The molecule has 5 nitrogen and oxygen atoms in total. The highest BCUT2D eigenvalue weighted by atomic mass is 16.5. The van der Waals surface area contributed by atoms with Crippen molar-refractivity contribution in [2.45, 2.75) is 38.6 Å². The van der Waals surface area contributed by atoms with E-state index in [1.54, 1.807) is 0 Å². The summed E-state index contributed by atoms with van der Waals surface area (Å²) in [5.41, 5.74) is 1.36. The Hall–Kier alpha value is -1.88. The Morgan fingerprint density at radius 2 is 2.00 bits per heavy atom. The van der Waals surface area contributed by atoms with Crippen molar-refractivity contribution >= 4 is 11.9 Å². The molecule has 1 atom stereocenters. The smallest absolute Gasteiger partial charge is 0.306 e. The topological polar surface area (TPSA) is 49.9 Å². The highest BCUT2D eigenvalue weighted by Crippen LogP contribution is 2.39. The molecule has 2 saturated heterocycles. The van der Waals surface area contributed by atoms with E-state index in [4.69, 9.17) is 4.74 Å². The van der Waals surface area contributed by atoms with Crippen molar-refractivity contribution in [3.8, 4) is 0 Å². The number of esters is 1. The van der Waals surface area contributed by atoms with Gasteiger partial charge in [0.2, 0.25) is 5.91 Å². The van der Waals surface area contributed by atoms with Gasteiger partial charge < -0.3 is 14.5 Å². The molecule has 136 valence electrons. The fraction of sp³-hybridized carbons (Fsp3) is 0.600. The molecule has 5 heteroatoms. The molecule has 0 N–H and O–H groups in total. The number of benzene rings is 1. The van der Waals surface area contributed by atoms with Crippen molar-refractivity contribution in [1.82, 2.24) is 9.80 Å². The molecule has 0 bridgehead atoms. The fourth-order valence-corrected chi connectivity index (χ4v) is 4.24. The van der Waals surface area contributed by atoms with Crippen LogP contribution in [0.25, 0.3) is 0 Å². The fourth-order valence-electron chi connectivity index (χ4n) is 4.24. The summed E-state index contributed by atoms with van der Waals surface area (Å²) < 4.78 is 4.76. The third-order valence-corrected chi connectivity index (χ3v) is 5.56. The van der Waals surface area contributed by atoms with Crippen LogP contribution in [-0.4, -0.2) is 55.0 Å². The van der Waals surface area contributed by atoms with Gasteiger partial charge in [-0.25, -0.2) is 0 Å². The SMILES string of the molecule is COC(=O)CCN1CCC[C@]2(CCC(=O)N(Cc3ccccc3)C2)C1. The Labute approximate surface area is 149 Å². The Balaban J connectivity index is 1.62. The molecule has 1 aromatic rings. The number of rotatable bonds is 5. The van der Waals surface area contributed by atoms with Crippen LogP contribution in [-0.2, 0) is 20.9 Å². The largest absolute Gasteiger partial charge is 0.469 e. The minimum Gasteiger partial charge on any atom is -0.469 e. The highest BCUT2D eigenvalue weighted by molar-refractivity contribution is 5.77. The third kappa shape index (κ3) is 4.60. The molecule has 0 saturated carbocycles. The lowest BCUT2D eigenvalue weighted by Crippen LogP contribution is -2.53. The maximum atomic E-state index is 12.4. The first-order valence-electron chi connectivity index (χ1n) is 9.21.